The summed E-state index contributed by atoms with van der Waals surface area (Å²) >= 11 is 0. The van der Waals surface area contributed by atoms with Gasteiger partial charge in [0.05, 0.1) is 5.56 Å². The fourth-order valence-corrected chi connectivity index (χ4v) is 3.10. The van der Waals surface area contributed by atoms with Crippen LogP contribution in [0.4, 0.5) is 0 Å². The van der Waals surface area contributed by atoms with Crippen molar-refractivity contribution in [1.82, 2.24) is 5.32 Å². The van der Waals surface area contributed by atoms with Gasteiger partial charge in [0.25, 0.3) is 0 Å². The minimum atomic E-state index is -0.901. The second-order valence-electron chi connectivity index (χ2n) is 7.35. The van der Waals surface area contributed by atoms with E-state index in [9.17, 15) is 4.79 Å². The summed E-state index contributed by atoms with van der Waals surface area (Å²) in [7, 11) is 0. The largest absolute Gasteiger partial charge is 0.478 e. The number of rotatable bonds is 8. The molecule has 0 spiro atoms. The fourth-order valence-electron chi connectivity index (χ4n) is 3.10. The van der Waals surface area contributed by atoms with E-state index in [1.807, 2.05) is 24.3 Å². The molecule has 0 unspecified atom stereocenters. The molecule has 0 aliphatic rings. The molecule has 0 saturated heterocycles. The summed E-state index contributed by atoms with van der Waals surface area (Å²) in [4.78, 5) is 10.9. The standard InChI is InChI=1S/C27H27NO2/c1-2-3-4-21-5-7-22(8-6-21)9-10-23-11-13-24(14-12-23)19-28-20-25-15-17-26(18-16-25)27(29)30/h5-8,11-18,28H,2-4,19-20H2,1H3,(H,29,30). The molecule has 0 aliphatic heterocycles. The van der Waals surface area contributed by atoms with Crippen molar-refractivity contribution in [2.75, 3.05) is 0 Å². The molecule has 0 radical (unpaired) electrons. The number of aryl methyl sites for hydroxylation is 1. The van der Waals surface area contributed by atoms with Crippen molar-refractivity contribution in [3.63, 3.8) is 0 Å². The Labute approximate surface area is 178 Å². The van der Waals surface area contributed by atoms with Crippen LogP contribution >= 0.6 is 0 Å². The highest BCUT2D eigenvalue weighted by molar-refractivity contribution is 5.87. The number of unbranched alkanes of at least 4 members (excludes halogenated alkanes) is 1. The molecule has 30 heavy (non-hydrogen) atoms. The van der Waals surface area contributed by atoms with Gasteiger partial charge in [0, 0.05) is 24.2 Å². The summed E-state index contributed by atoms with van der Waals surface area (Å²) in [5.74, 6) is 5.56. The number of carbonyl (C=O) groups is 1. The van der Waals surface area contributed by atoms with E-state index in [1.165, 1.54) is 24.0 Å². The Morgan fingerprint density at radius 3 is 1.70 bits per heavy atom. The van der Waals surface area contributed by atoms with Crippen molar-refractivity contribution in [1.29, 1.82) is 0 Å². The van der Waals surface area contributed by atoms with Crippen LogP contribution in [0.15, 0.2) is 72.8 Å². The van der Waals surface area contributed by atoms with E-state index < -0.39 is 5.97 Å². The zero-order valence-corrected chi connectivity index (χ0v) is 17.3. The number of hydrogen-bond donors (Lipinski definition) is 2. The third-order valence-corrected chi connectivity index (χ3v) is 4.94. The van der Waals surface area contributed by atoms with Crippen LogP contribution in [0.25, 0.3) is 0 Å². The zero-order valence-electron chi connectivity index (χ0n) is 17.3. The minimum Gasteiger partial charge on any atom is -0.478 e. The second-order valence-corrected chi connectivity index (χ2v) is 7.35. The summed E-state index contributed by atoms with van der Waals surface area (Å²) in [5.41, 5.74) is 5.96. The van der Waals surface area contributed by atoms with Gasteiger partial charge in [-0.25, -0.2) is 4.79 Å². The van der Waals surface area contributed by atoms with Gasteiger partial charge in [-0.1, -0.05) is 61.6 Å². The molecule has 0 heterocycles. The molecule has 3 rings (SSSR count). The molecule has 152 valence electrons. The van der Waals surface area contributed by atoms with E-state index in [2.05, 4.69) is 60.5 Å². The van der Waals surface area contributed by atoms with Crippen LogP contribution in [-0.2, 0) is 19.5 Å². The van der Waals surface area contributed by atoms with E-state index in [1.54, 1.807) is 12.1 Å². The molecule has 0 fully saturated rings. The van der Waals surface area contributed by atoms with Crippen LogP contribution in [0.3, 0.4) is 0 Å². The van der Waals surface area contributed by atoms with Gasteiger partial charge in [0.1, 0.15) is 0 Å². The second kappa shape index (κ2) is 11.0. The first-order valence-corrected chi connectivity index (χ1v) is 10.4. The van der Waals surface area contributed by atoms with Crippen molar-refractivity contribution in [3.8, 4) is 11.8 Å². The predicted molar refractivity (Wildman–Crippen MR) is 121 cm³/mol. The molecule has 0 aliphatic carbocycles. The molecule has 0 atom stereocenters. The molecule has 3 nitrogen and oxygen atoms in total. The lowest BCUT2D eigenvalue weighted by molar-refractivity contribution is 0.0697. The first-order valence-electron chi connectivity index (χ1n) is 10.4. The third kappa shape index (κ3) is 6.62. The first-order chi connectivity index (χ1) is 14.6. The summed E-state index contributed by atoms with van der Waals surface area (Å²) in [6.07, 6.45) is 3.57. The van der Waals surface area contributed by atoms with Gasteiger partial charge < -0.3 is 10.4 Å². The topological polar surface area (TPSA) is 49.3 Å². The van der Waals surface area contributed by atoms with Crippen molar-refractivity contribution in [3.05, 3.63) is 106 Å². The minimum absolute atomic E-state index is 0.308. The normalized spacial score (nSPS) is 10.3. The van der Waals surface area contributed by atoms with Crippen molar-refractivity contribution < 1.29 is 9.90 Å². The Balaban J connectivity index is 1.49. The molecule has 3 heteroatoms. The zero-order chi connectivity index (χ0) is 21.2. The molecule has 0 amide bonds. The molecule has 3 aromatic carbocycles. The van der Waals surface area contributed by atoms with E-state index in [0.717, 1.165) is 29.7 Å². The average molecular weight is 398 g/mol. The van der Waals surface area contributed by atoms with Gasteiger partial charge in [0.15, 0.2) is 0 Å². The highest BCUT2D eigenvalue weighted by atomic mass is 16.4. The summed E-state index contributed by atoms with van der Waals surface area (Å²) in [6, 6.07) is 23.7. The Bertz CT molecular complexity index is 1010. The number of hydrogen-bond acceptors (Lipinski definition) is 2. The van der Waals surface area contributed by atoms with Crippen molar-refractivity contribution >= 4 is 5.97 Å². The first kappa shape index (κ1) is 21.4. The maximum absolute atomic E-state index is 10.9. The molecule has 0 bridgehead atoms. The Kier molecular flexibility index (Phi) is 7.83. The van der Waals surface area contributed by atoms with Crippen LogP contribution in [0, 0.1) is 11.8 Å². The lowest BCUT2D eigenvalue weighted by Crippen LogP contribution is -2.12. The average Bonchev–Trinajstić information content (AvgIpc) is 2.78. The Hall–Kier alpha value is -3.35. The van der Waals surface area contributed by atoms with E-state index in [4.69, 9.17) is 5.11 Å². The van der Waals surface area contributed by atoms with Gasteiger partial charge in [-0.15, -0.1) is 0 Å². The van der Waals surface area contributed by atoms with Crippen LogP contribution in [0.2, 0.25) is 0 Å². The number of carboxylic acids is 1. The Morgan fingerprint density at radius 2 is 1.23 bits per heavy atom. The van der Waals surface area contributed by atoms with Gasteiger partial charge in [-0.05, 0) is 65.9 Å². The molecule has 3 aromatic rings. The van der Waals surface area contributed by atoms with Gasteiger partial charge in [-0.2, -0.15) is 0 Å². The molecule has 0 saturated carbocycles. The maximum Gasteiger partial charge on any atom is 0.335 e. The van der Waals surface area contributed by atoms with Crippen molar-refractivity contribution in [2.24, 2.45) is 0 Å². The lowest BCUT2D eigenvalue weighted by Gasteiger charge is -2.06. The van der Waals surface area contributed by atoms with Crippen LogP contribution in [-0.4, -0.2) is 11.1 Å². The predicted octanol–water partition coefficient (Wildman–Crippen LogP) is 5.42. The summed E-state index contributed by atoms with van der Waals surface area (Å²) in [6.45, 7) is 3.64. The molecule has 0 aromatic heterocycles. The number of nitrogens with one attached hydrogen (secondary N) is 1. The summed E-state index contributed by atoms with van der Waals surface area (Å²) in [5, 5.41) is 12.3. The Morgan fingerprint density at radius 1 is 0.767 bits per heavy atom. The number of carboxylic acid groups (broad SMARTS) is 1. The quantitative estimate of drug-likeness (QED) is 0.499. The van der Waals surface area contributed by atoms with E-state index in [-0.39, 0.29) is 0 Å². The van der Waals surface area contributed by atoms with E-state index >= 15 is 0 Å². The van der Waals surface area contributed by atoms with Crippen LogP contribution in [0.5, 0.6) is 0 Å². The lowest BCUT2D eigenvalue weighted by atomic mass is 10.1. The molecule has 2 N–H and O–H groups in total. The SMILES string of the molecule is CCCCc1ccc(C#Cc2ccc(CNCc3ccc(C(=O)O)cc3)cc2)cc1. The van der Waals surface area contributed by atoms with Crippen molar-refractivity contribution in [2.45, 2.75) is 39.3 Å². The highest BCUT2D eigenvalue weighted by Crippen LogP contribution is 2.09. The molecular weight excluding hydrogens is 370 g/mol. The third-order valence-electron chi connectivity index (χ3n) is 4.94. The number of benzene rings is 3. The summed E-state index contributed by atoms with van der Waals surface area (Å²) < 4.78 is 0. The fraction of sp³-hybridized carbons (Fsp3) is 0.222. The van der Waals surface area contributed by atoms with Gasteiger partial charge in [0.2, 0.25) is 0 Å². The van der Waals surface area contributed by atoms with Gasteiger partial charge >= 0.3 is 5.97 Å². The van der Waals surface area contributed by atoms with Gasteiger partial charge in [-0.3, -0.25) is 0 Å². The number of aromatic carboxylic acids is 1. The smallest absolute Gasteiger partial charge is 0.335 e. The monoisotopic (exact) mass is 397 g/mol. The van der Waals surface area contributed by atoms with Crippen LogP contribution < -0.4 is 5.32 Å². The van der Waals surface area contributed by atoms with Crippen LogP contribution in [0.1, 0.15) is 57.9 Å². The van der Waals surface area contributed by atoms with E-state index in [0.29, 0.717) is 12.1 Å². The maximum atomic E-state index is 10.9. The molecular formula is C27H27NO2. The highest BCUT2D eigenvalue weighted by Gasteiger charge is 2.01.